The molecule has 0 rings (SSSR count). The number of rotatable bonds is 5. The van der Waals surface area contributed by atoms with Gasteiger partial charge in [0.05, 0.1) is 6.10 Å². The fourth-order valence-electron chi connectivity index (χ4n) is 0.851. The van der Waals surface area contributed by atoms with E-state index in [0.29, 0.717) is 0 Å². The standard InChI is InChI=1S/C7H14O6/c1-3(8)4(9)5(10)6(13-2)7(11)12/h3-6,8-10H,1-2H3,(H,11,12)/t3-,4+,5-,6-/m0/s1. The van der Waals surface area contributed by atoms with Gasteiger partial charge in [0.2, 0.25) is 0 Å². The number of carboxylic acid groups (broad SMARTS) is 1. The Morgan fingerprint density at radius 3 is 1.92 bits per heavy atom. The fourth-order valence-corrected chi connectivity index (χ4v) is 0.851. The zero-order valence-corrected chi connectivity index (χ0v) is 7.41. The van der Waals surface area contributed by atoms with Gasteiger partial charge in [-0.05, 0) is 6.92 Å². The highest BCUT2D eigenvalue weighted by Gasteiger charge is 2.34. The van der Waals surface area contributed by atoms with Crippen LogP contribution in [0.3, 0.4) is 0 Å². The van der Waals surface area contributed by atoms with Crippen molar-refractivity contribution in [2.24, 2.45) is 0 Å². The van der Waals surface area contributed by atoms with Gasteiger partial charge >= 0.3 is 5.97 Å². The van der Waals surface area contributed by atoms with Crippen molar-refractivity contribution >= 4 is 5.97 Å². The van der Waals surface area contributed by atoms with Gasteiger partial charge in [0.25, 0.3) is 0 Å². The Kier molecular flexibility index (Phi) is 4.86. The molecule has 0 fully saturated rings. The second-order valence-corrected chi connectivity index (χ2v) is 2.72. The molecule has 0 amide bonds. The molecule has 78 valence electrons. The van der Waals surface area contributed by atoms with Crippen molar-refractivity contribution in [2.75, 3.05) is 7.11 Å². The first-order valence-corrected chi connectivity index (χ1v) is 3.71. The van der Waals surface area contributed by atoms with E-state index >= 15 is 0 Å². The van der Waals surface area contributed by atoms with Gasteiger partial charge in [0, 0.05) is 7.11 Å². The molecule has 6 nitrogen and oxygen atoms in total. The first-order valence-electron chi connectivity index (χ1n) is 3.71. The van der Waals surface area contributed by atoms with Crippen LogP contribution in [0.25, 0.3) is 0 Å². The quantitative estimate of drug-likeness (QED) is 0.411. The highest BCUT2D eigenvalue weighted by molar-refractivity contribution is 5.73. The van der Waals surface area contributed by atoms with Gasteiger partial charge < -0.3 is 25.2 Å². The van der Waals surface area contributed by atoms with E-state index in [2.05, 4.69) is 4.74 Å². The van der Waals surface area contributed by atoms with Gasteiger partial charge in [-0.15, -0.1) is 0 Å². The number of ether oxygens (including phenoxy) is 1. The van der Waals surface area contributed by atoms with Crippen LogP contribution in [-0.4, -0.2) is 57.9 Å². The van der Waals surface area contributed by atoms with Crippen molar-refractivity contribution in [1.29, 1.82) is 0 Å². The summed E-state index contributed by atoms with van der Waals surface area (Å²) >= 11 is 0. The molecule has 0 spiro atoms. The van der Waals surface area contributed by atoms with Crippen molar-refractivity contribution in [3.05, 3.63) is 0 Å². The second-order valence-electron chi connectivity index (χ2n) is 2.72. The fraction of sp³-hybridized carbons (Fsp3) is 0.857. The molecule has 0 aliphatic carbocycles. The first kappa shape index (κ1) is 12.3. The van der Waals surface area contributed by atoms with Crippen LogP contribution < -0.4 is 0 Å². The average Bonchev–Trinajstić information content (AvgIpc) is 2.03. The molecule has 4 N–H and O–H groups in total. The van der Waals surface area contributed by atoms with Crippen molar-refractivity contribution in [3.8, 4) is 0 Å². The van der Waals surface area contributed by atoms with Crippen LogP contribution in [0.1, 0.15) is 6.92 Å². The van der Waals surface area contributed by atoms with Crippen molar-refractivity contribution in [3.63, 3.8) is 0 Å². The predicted molar refractivity (Wildman–Crippen MR) is 42.1 cm³/mol. The van der Waals surface area contributed by atoms with E-state index in [-0.39, 0.29) is 0 Å². The molecule has 0 aromatic heterocycles. The van der Waals surface area contributed by atoms with Gasteiger partial charge in [-0.25, -0.2) is 4.79 Å². The van der Waals surface area contributed by atoms with E-state index in [1.165, 1.54) is 6.92 Å². The Bertz CT molecular complexity index is 168. The maximum Gasteiger partial charge on any atom is 0.335 e. The van der Waals surface area contributed by atoms with Crippen LogP contribution in [0, 0.1) is 0 Å². The van der Waals surface area contributed by atoms with Crippen LogP contribution in [0.4, 0.5) is 0 Å². The summed E-state index contributed by atoms with van der Waals surface area (Å²) in [5.41, 5.74) is 0. The van der Waals surface area contributed by atoms with Gasteiger partial charge in [-0.1, -0.05) is 0 Å². The molecule has 0 radical (unpaired) electrons. The maximum atomic E-state index is 10.4. The van der Waals surface area contributed by atoms with E-state index in [9.17, 15) is 9.90 Å². The van der Waals surface area contributed by atoms with Gasteiger partial charge in [-0.3, -0.25) is 0 Å². The number of carboxylic acids is 1. The Morgan fingerprint density at radius 2 is 1.69 bits per heavy atom. The predicted octanol–water partition coefficient (Wildman–Crippen LogP) is -1.81. The molecule has 0 saturated carbocycles. The number of aliphatic carboxylic acids is 1. The molecule has 0 aromatic rings. The topological polar surface area (TPSA) is 107 Å². The molecule has 6 heteroatoms. The lowest BCUT2D eigenvalue weighted by Gasteiger charge is -2.24. The summed E-state index contributed by atoms with van der Waals surface area (Å²) in [7, 11) is 1.09. The molecule has 0 unspecified atom stereocenters. The van der Waals surface area contributed by atoms with Crippen LogP contribution in [-0.2, 0) is 9.53 Å². The second kappa shape index (κ2) is 5.13. The summed E-state index contributed by atoms with van der Waals surface area (Å²) in [6.07, 6.45) is -5.94. The largest absolute Gasteiger partial charge is 0.479 e. The lowest BCUT2D eigenvalue weighted by molar-refractivity contribution is -0.166. The van der Waals surface area contributed by atoms with Crippen LogP contribution in [0.5, 0.6) is 0 Å². The summed E-state index contributed by atoms with van der Waals surface area (Å²) < 4.78 is 4.42. The van der Waals surface area contributed by atoms with Gasteiger partial charge in [-0.2, -0.15) is 0 Å². The summed E-state index contributed by atoms with van der Waals surface area (Å²) in [6.45, 7) is 1.24. The number of hydrogen-bond acceptors (Lipinski definition) is 5. The summed E-state index contributed by atoms with van der Waals surface area (Å²) in [6, 6.07) is 0. The molecule has 4 atom stereocenters. The smallest absolute Gasteiger partial charge is 0.335 e. The number of hydrogen-bond donors (Lipinski definition) is 4. The minimum Gasteiger partial charge on any atom is -0.479 e. The number of methoxy groups -OCH3 is 1. The third-order valence-electron chi connectivity index (χ3n) is 1.65. The molecule has 0 aliphatic heterocycles. The number of carbonyl (C=O) groups is 1. The first-order chi connectivity index (χ1) is 5.91. The van der Waals surface area contributed by atoms with Gasteiger partial charge in [0.15, 0.2) is 6.10 Å². The molecular weight excluding hydrogens is 180 g/mol. The molecule has 0 saturated heterocycles. The molecule has 0 aromatic carbocycles. The summed E-state index contributed by atoms with van der Waals surface area (Å²) in [4.78, 5) is 10.4. The molecule has 0 heterocycles. The van der Waals surface area contributed by atoms with E-state index in [1.807, 2.05) is 0 Å². The molecular formula is C7H14O6. The lowest BCUT2D eigenvalue weighted by Crippen LogP contribution is -2.47. The number of aliphatic hydroxyl groups is 3. The monoisotopic (exact) mass is 194 g/mol. The highest BCUT2D eigenvalue weighted by Crippen LogP contribution is 2.07. The number of aliphatic hydroxyl groups excluding tert-OH is 3. The third-order valence-corrected chi connectivity index (χ3v) is 1.65. The minimum absolute atomic E-state index is 1.09. The van der Waals surface area contributed by atoms with E-state index in [4.69, 9.17) is 15.3 Å². The maximum absolute atomic E-state index is 10.4. The van der Waals surface area contributed by atoms with E-state index in [0.717, 1.165) is 7.11 Å². The Hall–Kier alpha value is -0.690. The summed E-state index contributed by atoms with van der Waals surface area (Å²) in [5.74, 6) is -1.39. The minimum atomic E-state index is -1.65. The summed E-state index contributed by atoms with van der Waals surface area (Å²) in [5, 5.41) is 35.7. The molecule has 0 bridgehead atoms. The third kappa shape index (κ3) is 3.27. The Balaban J connectivity index is 4.36. The Labute approximate surface area is 75.4 Å². The van der Waals surface area contributed by atoms with Gasteiger partial charge in [0.1, 0.15) is 12.2 Å². The van der Waals surface area contributed by atoms with Crippen molar-refractivity contribution in [2.45, 2.75) is 31.3 Å². The SMILES string of the molecule is CO[C@H](C(=O)O)[C@@H](O)[C@H](O)[C@H](C)O. The molecule has 0 aliphatic rings. The van der Waals surface area contributed by atoms with Crippen molar-refractivity contribution in [1.82, 2.24) is 0 Å². The van der Waals surface area contributed by atoms with E-state index < -0.39 is 30.4 Å². The average molecular weight is 194 g/mol. The Morgan fingerprint density at radius 1 is 1.23 bits per heavy atom. The zero-order valence-electron chi connectivity index (χ0n) is 7.41. The lowest BCUT2D eigenvalue weighted by atomic mass is 10.0. The van der Waals surface area contributed by atoms with Crippen LogP contribution in [0.15, 0.2) is 0 Å². The zero-order chi connectivity index (χ0) is 10.6. The normalized spacial score (nSPS) is 20.4. The molecule has 13 heavy (non-hydrogen) atoms. The van der Waals surface area contributed by atoms with Crippen LogP contribution in [0.2, 0.25) is 0 Å². The highest BCUT2D eigenvalue weighted by atomic mass is 16.5. The van der Waals surface area contributed by atoms with Crippen molar-refractivity contribution < 1.29 is 30.0 Å². The van der Waals surface area contributed by atoms with Crippen LogP contribution >= 0.6 is 0 Å². The van der Waals surface area contributed by atoms with E-state index in [1.54, 1.807) is 0 Å².